The third kappa shape index (κ3) is 4.29. The molecule has 0 saturated heterocycles. The lowest BCUT2D eigenvalue weighted by Crippen LogP contribution is -2.41. The number of rotatable bonds is 3. The van der Waals surface area contributed by atoms with Gasteiger partial charge in [-0.05, 0) is 175 Å². The molecule has 0 radical (unpaired) electrons. The van der Waals surface area contributed by atoms with Crippen molar-refractivity contribution in [2.45, 2.75) is 87.9 Å². The van der Waals surface area contributed by atoms with Crippen molar-refractivity contribution in [3.63, 3.8) is 0 Å². The molecule has 67 heavy (non-hydrogen) atoms. The Morgan fingerprint density at radius 1 is 0.448 bits per heavy atom. The van der Waals surface area contributed by atoms with Crippen LogP contribution < -0.4 is 0 Å². The third-order valence-corrected chi connectivity index (χ3v) is 20.0. The van der Waals surface area contributed by atoms with E-state index in [4.69, 9.17) is 0 Å². The molecule has 4 heteroatoms. The number of nitrogens with zero attached hydrogens (tertiary/aromatic N) is 4. The normalized spacial score (nSPS) is 28.3. The molecule has 1 spiro atoms. The van der Waals surface area contributed by atoms with E-state index in [1.807, 2.05) is 0 Å². The van der Waals surface area contributed by atoms with E-state index in [1.54, 1.807) is 0 Å². The Bertz CT molecular complexity index is 3900. The van der Waals surface area contributed by atoms with Gasteiger partial charge in [0, 0.05) is 43.4 Å². The molecular weight excluding hydrogens is 813 g/mol. The zero-order chi connectivity index (χ0) is 43.6. The van der Waals surface area contributed by atoms with E-state index in [2.05, 4.69) is 142 Å². The van der Waals surface area contributed by atoms with Crippen LogP contribution in [0.1, 0.15) is 121 Å². The number of nitriles is 2. The first-order chi connectivity index (χ1) is 33.1. The van der Waals surface area contributed by atoms with Gasteiger partial charge in [-0.1, -0.05) is 97.1 Å². The van der Waals surface area contributed by atoms with Gasteiger partial charge in [-0.2, -0.15) is 10.5 Å². The Hall–Kier alpha value is -6.88. The summed E-state index contributed by atoms with van der Waals surface area (Å²) in [6, 6.07) is 51.0. The summed E-state index contributed by atoms with van der Waals surface area (Å²) in [5.74, 6) is 4.89. The highest BCUT2D eigenvalue weighted by Crippen LogP contribution is 2.77. The van der Waals surface area contributed by atoms with E-state index >= 15 is 0 Å². The highest BCUT2D eigenvalue weighted by molar-refractivity contribution is 6.37. The second-order valence-electron chi connectivity index (χ2n) is 22.6. The van der Waals surface area contributed by atoms with E-state index in [0.717, 1.165) is 34.8 Å². The molecule has 0 amide bonds. The number of hydrogen-bond donors (Lipinski definition) is 0. The quantitative estimate of drug-likeness (QED) is 0.178. The average molecular weight is 861 g/mol. The van der Waals surface area contributed by atoms with E-state index in [9.17, 15) is 10.5 Å². The molecule has 7 unspecified atom stereocenters. The fraction of sp³-hybridized carbons (Fsp3) is 0.302. The SMILES string of the molecule is N#Cc1cc2c(c3c1C1CC4CC(C1)CC3C4)c1cc3c(c4ccccc4n3-c3c(-c4ccccc4)cccc3-c3ccccc3)c3c4c5c(c(C#N)cc4n2c13)C1CC2CC3CC5CC23C1. The van der Waals surface area contributed by atoms with Crippen molar-refractivity contribution >= 4 is 59.9 Å². The first kappa shape index (κ1) is 36.3. The minimum Gasteiger partial charge on any atom is -0.308 e. The Labute approximate surface area is 389 Å². The molecule has 7 atom stereocenters. The molecule has 7 aromatic carbocycles. The molecule has 0 aliphatic heterocycles. The van der Waals surface area contributed by atoms with Gasteiger partial charge in [-0.25, -0.2) is 0 Å². The molecule has 4 nitrogen and oxygen atoms in total. The van der Waals surface area contributed by atoms with Gasteiger partial charge in [0.05, 0.1) is 56.5 Å². The van der Waals surface area contributed by atoms with Crippen LogP contribution >= 0.6 is 0 Å². The van der Waals surface area contributed by atoms with Crippen LogP contribution in [0.15, 0.2) is 121 Å². The number of benzene rings is 7. The fourth-order valence-electron chi connectivity index (χ4n) is 18.0. The molecule has 8 aliphatic carbocycles. The first-order valence-corrected chi connectivity index (χ1v) is 25.5. The van der Waals surface area contributed by atoms with Crippen molar-refractivity contribution in [2.75, 3.05) is 0 Å². The van der Waals surface area contributed by atoms with Crippen molar-refractivity contribution < 1.29 is 0 Å². The summed E-state index contributed by atoms with van der Waals surface area (Å²) in [4.78, 5) is 0. The standard InChI is InChI=1S/C63H48N4/c64-31-41-25-50-58(55-38-21-33-18-34(22-38)20-37(19-33)53(41)55)48-28-52-57(60-59-51(67(50)62(48)60)26-42(32-65)54-39-23-43-27-44-24-40(56(54)59)30-63(43,44)29-39)47-14-7-8-17-49(47)66(52)61-45(35-10-3-1-4-11-35)15-9-16-46(61)36-12-5-2-6-13-36/h1-17,25-26,28,33-34,37-40,43-44H,18-24,27,29-30H2. The predicted molar refractivity (Wildman–Crippen MR) is 269 cm³/mol. The zero-order valence-electron chi connectivity index (χ0n) is 37.5. The van der Waals surface area contributed by atoms with Crippen LogP contribution in [-0.2, 0) is 0 Å². The summed E-state index contributed by atoms with van der Waals surface area (Å²) in [5.41, 5.74) is 20.1. The summed E-state index contributed by atoms with van der Waals surface area (Å²) in [6.07, 6.45) is 12.6. The maximum atomic E-state index is 11.3. The van der Waals surface area contributed by atoms with Crippen LogP contribution in [0.3, 0.4) is 0 Å². The molecule has 8 aliphatic rings. The number of hydrogen-bond acceptors (Lipinski definition) is 2. The second-order valence-corrected chi connectivity index (χ2v) is 22.6. The van der Waals surface area contributed by atoms with E-state index < -0.39 is 0 Å². The second kappa shape index (κ2) is 12.4. The van der Waals surface area contributed by atoms with Gasteiger partial charge in [-0.3, -0.25) is 0 Å². The van der Waals surface area contributed by atoms with Gasteiger partial charge < -0.3 is 8.97 Å². The third-order valence-electron chi connectivity index (χ3n) is 20.0. The fourth-order valence-corrected chi connectivity index (χ4v) is 18.0. The van der Waals surface area contributed by atoms with Crippen LogP contribution in [0.4, 0.5) is 0 Å². The van der Waals surface area contributed by atoms with Gasteiger partial charge in [0.25, 0.3) is 0 Å². The number of para-hydroxylation sites is 2. The number of fused-ring (bicyclic) bond motifs is 16. The molecule has 5 saturated carbocycles. The molecule has 0 N–H and O–H groups in total. The van der Waals surface area contributed by atoms with Gasteiger partial charge in [0.1, 0.15) is 0 Å². The first-order valence-electron chi connectivity index (χ1n) is 25.5. The summed E-state index contributed by atoms with van der Waals surface area (Å²) >= 11 is 0. The van der Waals surface area contributed by atoms with Gasteiger partial charge in [-0.15, -0.1) is 0 Å². The summed E-state index contributed by atoms with van der Waals surface area (Å²) in [7, 11) is 0. The minimum absolute atomic E-state index is 0.442. The summed E-state index contributed by atoms with van der Waals surface area (Å²) in [5, 5.41) is 30.6. The van der Waals surface area contributed by atoms with Crippen molar-refractivity contribution in [1.82, 2.24) is 8.97 Å². The molecular formula is C63H48N4. The Kier molecular flexibility index (Phi) is 6.69. The van der Waals surface area contributed by atoms with E-state index in [1.165, 1.54) is 174 Å². The van der Waals surface area contributed by atoms with Crippen LogP contribution in [0.5, 0.6) is 0 Å². The van der Waals surface area contributed by atoms with Crippen molar-refractivity contribution in [3.8, 4) is 40.1 Å². The monoisotopic (exact) mass is 860 g/mol. The molecule has 18 rings (SSSR count). The smallest absolute Gasteiger partial charge is 0.0995 e. The van der Waals surface area contributed by atoms with Crippen LogP contribution in [-0.4, -0.2) is 8.97 Å². The lowest BCUT2D eigenvalue weighted by molar-refractivity contribution is 0.00322. The average Bonchev–Trinajstić information content (AvgIpc) is 4.09. The van der Waals surface area contributed by atoms with Crippen LogP contribution in [0.25, 0.3) is 87.8 Å². The molecule has 320 valence electrons. The maximum Gasteiger partial charge on any atom is 0.0995 e. The maximum absolute atomic E-state index is 11.3. The van der Waals surface area contributed by atoms with Gasteiger partial charge in [0.15, 0.2) is 0 Å². The van der Waals surface area contributed by atoms with E-state index in [-0.39, 0.29) is 0 Å². The van der Waals surface area contributed by atoms with Gasteiger partial charge >= 0.3 is 0 Å². The Morgan fingerprint density at radius 3 is 1.67 bits per heavy atom. The summed E-state index contributed by atoms with van der Waals surface area (Å²) < 4.78 is 5.24. The largest absolute Gasteiger partial charge is 0.308 e. The summed E-state index contributed by atoms with van der Waals surface area (Å²) in [6.45, 7) is 0. The Balaban J connectivity index is 1.12. The zero-order valence-corrected chi connectivity index (χ0v) is 37.5. The topological polar surface area (TPSA) is 56.9 Å². The lowest BCUT2D eigenvalue weighted by Gasteiger charge is -2.48. The highest BCUT2D eigenvalue weighted by atomic mass is 15.0. The van der Waals surface area contributed by atoms with Crippen LogP contribution in [0.2, 0.25) is 0 Å². The number of aromatic nitrogens is 2. The molecule has 3 heterocycles. The predicted octanol–water partition coefficient (Wildman–Crippen LogP) is 15.8. The van der Waals surface area contributed by atoms with E-state index in [0.29, 0.717) is 29.1 Å². The van der Waals surface area contributed by atoms with Crippen molar-refractivity contribution in [2.24, 2.45) is 29.1 Å². The Morgan fingerprint density at radius 2 is 1.01 bits per heavy atom. The van der Waals surface area contributed by atoms with Crippen molar-refractivity contribution in [1.29, 1.82) is 10.5 Å². The lowest BCUT2D eigenvalue weighted by atomic mass is 9.56. The molecule has 7 bridgehead atoms. The highest BCUT2D eigenvalue weighted by Gasteiger charge is 2.66. The minimum atomic E-state index is 0.442. The molecule has 10 aromatic rings. The molecule has 3 aromatic heterocycles. The molecule has 5 fully saturated rings. The van der Waals surface area contributed by atoms with Crippen LogP contribution in [0, 0.1) is 51.7 Å². The van der Waals surface area contributed by atoms with Crippen molar-refractivity contribution in [3.05, 3.63) is 155 Å². The van der Waals surface area contributed by atoms with Gasteiger partial charge in [0.2, 0.25) is 0 Å².